The molecule has 0 amide bonds. The van der Waals surface area contributed by atoms with Crippen LogP contribution in [0.25, 0.3) is 0 Å². The fourth-order valence-electron chi connectivity index (χ4n) is 2.49. The summed E-state index contributed by atoms with van der Waals surface area (Å²) in [7, 11) is 2.03. The molecule has 0 saturated carbocycles. The molecule has 1 unspecified atom stereocenters. The molecule has 2 rings (SSSR count). The first-order valence-corrected chi connectivity index (χ1v) is 5.31. The van der Waals surface area contributed by atoms with Crippen LogP contribution in [0.15, 0.2) is 12.3 Å². The summed E-state index contributed by atoms with van der Waals surface area (Å²) in [5, 5.41) is 7.68. The van der Waals surface area contributed by atoms with Gasteiger partial charge in [-0.05, 0) is 31.5 Å². The molecular weight excluding hydrogens is 174 g/mol. The number of nitrogens with zero attached hydrogens (tertiary/aromatic N) is 2. The van der Waals surface area contributed by atoms with E-state index in [1.54, 1.807) is 0 Å². The normalized spacial score (nSPS) is 22.9. The lowest BCUT2D eigenvalue weighted by molar-refractivity contribution is 0.323. The van der Waals surface area contributed by atoms with Crippen LogP contribution in [0.2, 0.25) is 0 Å². The van der Waals surface area contributed by atoms with Gasteiger partial charge < -0.3 is 5.32 Å². The van der Waals surface area contributed by atoms with Crippen LogP contribution in [-0.4, -0.2) is 22.9 Å². The highest BCUT2D eigenvalue weighted by molar-refractivity contribution is 5.16. The van der Waals surface area contributed by atoms with Crippen molar-refractivity contribution in [3.05, 3.63) is 18.0 Å². The highest BCUT2D eigenvalue weighted by Gasteiger charge is 2.35. The molecule has 1 N–H and O–H groups in total. The van der Waals surface area contributed by atoms with E-state index in [0.29, 0.717) is 0 Å². The minimum atomic E-state index is 0.231. The van der Waals surface area contributed by atoms with Gasteiger partial charge in [0.1, 0.15) is 0 Å². The summed E-state index contributed by atoms with van der Waals surface area (Å²) in [5.74, 6) is 0.734. The molecule has 3 nitrogen and oxygen atoms in total. The predicted octanol–water partition coefficient (Wildman–Crippen LogP) is 1.31. The highest BCUT2D eigenvalue weighted by Crippen LogP contribution is 2.34. The van der Waals surface area contributed by atoms with Crippen molar-refractivity contribution in [2.24, 2.45) is 13.0 Å². The molecule has 0 aromatic carbocycles. The predicted molar refractivity (Wildman–Crippen MR) is 57.2 cm³/mol. The topological polar surface area (TPSA) is 29.9 Å². The number of hydrogen-bond acceptors (Lipinski definition) is 2. The van der Waals surface area contributed by atoms with E-state index in [1.807, 2.05) is 17.9 Å². The van der Waals surface area contributed by atoms with Gasteiger partial charge in [0.2, 0.25) is 0 Å². The van der Waals surface area contributed by atoms with Crippen molar-refractivity contribution in [2.75, 3.05) is 13.1 Å². The Hall–Kier alpha value is -0.830. The van der Waals surface area contributed by atoms with Crippen LogP contribution in [-0.2, 0) is 12.5 Å². The Labute approximate surface area is 85.5 Å². The SMILES string of the molecule is Cn1nccc1C(C)(C)C1CCNC1. The number of aryl methyl sites for hydroxylation is 1. The minimum Gasteiger partial charge on any atom is -0.316 e. The van der Waals surface area contributed by atoms with Crippen molar-refractivity contribution in [3.8, 4) is 0 Å². The maximum absolute atomic E-state index is 4.25. The minimum absolute atomic E-state index is 0.231. The molecule has 1 saturated heterocycles. The number of aromatic nitrogens is 2. The third-order valence-electron chi connectivity index (χ3n) is 3.56. The molecular formula is C11H19N3. The van der Waals surface area contributed by atoms with Gasteiger partial charge >= 0.3 is 0 Å². The number of hydrogen-bond donors (Lipinski definition) is 1. The summed E-state index contributed by atoms with van der Waals surface area (Å²) in [6, 6.07) is 2.14. The zero-order valence-corrected chi connectivity index (χ0v) is 9.25. The summed E-state index contributed by atoms with van der Waals surface area (Å²) in [4.78, 5) is 0. The summed E-state index contributed by atoms with van der Waals surface area (Å²) >= 11 is 0. The van der Waals surface area contributed by atoms with E-state index in [-0.39, 0.29) is 5.41 Å². The fourth-order valence-corrected chi connectivity index (χ4v) is 2.49. The van der Waals surface area contributed by atoms with E-state index in [1.165, 1.54) is 12.1 Å². The van der Waals surface area contributed by atoms with Crippen LogP contribution in [0, 0.1) is 5.92 Å². The summed E-state index contributed by atoms with van der Waals surface area (Å²) in [6.07, 6.45) is 3.16. The second-order valence-electron chi connectivity index (χ2n) is 4.75. The average molecular weight is 193 g/mol. The summed E-state index contributed by atoms with van der Waals surface area (Å²) in [6.45, 7) is 6.94. The lowest BCUT2D eigenvalue weighted by Crippen LogP contribution is -2.32. The lowest BCUT2D eigenvalue weighted by Gasteiger charge is -2.31. The zero-order chi connectivity index (χ0) is 10.2. The molecule has 0 spiro atoms. The molecule has 3 heteroatoms. The second-order valence-corrected chi connectivity index (χ2v) is 4.75. The van der Waals surface area contributed by atoms with Gasteiger partial charge in [-0.3, -0.25) is 4.68 Å². The summed E-state index contributed by atoms with van der Waals surface area (Å²) < 4.78 is 2.00. The maximum Gasteiger partial charge on any atom is 0.0492 e. The molecule has 1 fully saturated rings. The monoisotopic (exact) mass is 193 g/mol. The third-order valence-corrected chi connectivity index (χ3v) is 3.56. The Kier molecular flexibility index (Phi) is 2.35. The van der Waals surface area contributed by atoms with Gasteiger partial charge in [0, 0.05) is 24.4 Å². The standard InChI is InChI=1S/C11H19N3/c1-11(2,9-4-6-12-8-9)10-5-7-13-14(10)3/h5,7,9,12H,4,6,8H2,1-3H3. The Morgan fingerprint density at radius 1 is 1.57 bits per heavy atom. The van der Waals surface area contributed by atoms with E-state index >= 15 is 0 Å². The molecule has 2 heterocycles. The molecule has 1 atom stereocenters. The zero-order valence-electron chi connectivity index (χ0n) is 9.25. The molecule has 1 aromatic heterocycles. The first-order valence-electron chi connectivity index (χ1n) is 5.31. The van der Waals surface area contributed by atoms with E-state index in [0.717, 1.165) is 19.0 Å². The molecule has 1 aliphatic heterocycles. The first-order chi connectivity index (χ1) is 6.62. The Morgan fingerprint density at radius 3 is 2.86 bits per heavy atom. The van der Waals surface area contributed by atoms with Crippen LogP contribution in [0.4, 0.5) is 0 Å². The van der Waals surface area contributed by atoms with Crippen molar-refractivity contribution in [2.45, 2.75) is 25.7 Å². The van der Waals surface area contributed by atoms with Gasteiger partial charge in [0.25, 0.3) is 0 Å². The molecule has 0 bridgehead atoms. The van der Waals surface area contributed by atoms with Crippen molar-refractivity contribution in [1.29, 1.82) is 0 Å². The van der Waals surface area contributed by atoms with Gasteiger partial charge in [0.05, 0.1) is 0 Å². The van der Waals surface area contributed by atoms with Crippen LogP contribution < -0.4 is 5.32 Å². The largest absolute Gasteiger partial charge is 0.316 e. The molecule has 1 aliphatic rings. The van der Waals surface area contributed by atoms with Crippen LogP contribution >= 0.6 is 0 Å². The Balaban J connectivity index is 2.26. The third kappa shape index (κ3) is 1.46. The smallest absolute Gasteiger partial charge is 0.0492 e. The van der Waals surface area contributed by atoms with Gasteiger partial charge in [0.15, 0.2) is 0 Å². The van der Waals surface area contributed by atoms with E-state index in [2.05, 4.69) is 30.3 Å². The summed E-state index contributed by atoms with van der Waals surface area (Å²) in [5.41, 5.74) is 1.57. The van der Waals surface area contributed by atoms with Gasteiger partial charge in [-0.2, -0.15) is 5.10 Å². The van der Waals surface area contributed by atoms with Crippen LogP contribution in [0.5, 0.6) is 0 Å². The fraction of sp³-hybridized carbons (Fsp3) is 0.727. The van der Waals surface area contributed by atoms with Gasteiger partial charge in [-0.15, -0.1) is 0 Å². The molecule has 1 aromatic rings. The average Bonchev–Trinajstić information content (AvgIpc) is 2.72. The van der Waals surface area contributed by atoms with E-state index in [4.69, 9.17) is 0 Å². The first kappa shape index (κ1) is 9.71. The lowest BCUT2D eigenvalue weighted by atomic mass is 9.75. The van der Waals surface area contributed by atoms with Crippen molar-refractivity contribution >= 4 is 0 Å². The molecule has 0 radical (unpaired) electrons. The van der Waals surface area contributed by atoms with Crippen molar-refractivity contribution in [1.82, 2.24) is 15.1 Å². The van der Waals surface area contributed by atoms with Gasteiger partial charge in [-0.25, -0.2) is 0 Å². The van der Waals surface area contributed by atoms with E-state index in [9.17, 15) is 0 Å². The van der Waals surface area contributed by atoms with E-state index < -0.39 is 0 Å². The molecule has 78 valence electrons. The molecule has 0 aliphatic carbocycles. The number of rotatable bonds is 2. The second kappa shape index (κ2) is 3.39. The van der Waals surface area contributed by atoms with Crippen LogP contribution in [0.3, 0.4) is 0 Å². The van der Waals surface area contributed by atoms with Crippen molar-refractivity contribution in [3.63, 3.8) is 0 Å². The quantitative estimate of drug-likeness (QED) is 0.767. The highest BCUT2D eigenvalue weighted by atomic mass is 15.3. The number of nitrogens with one attached hydrogen (secondary N) is 1. The maximum atomic E-state index is 4.25. The van der Waals surface area contributed by atoms with Gasteiger partial charge in [-0.1, -0.05) is 13.8 Å². The van der Waals surface area contributed by atoms with Crippen molar-refractivity contribution < 1.29 is 0 Å². The van der Waals surface area contributed by atoms with Crippen LogP contribution in [0.1, 0.15) is 26.0 Å². The Bertz CT molecular complexity index is 308. The molecule has 14 heavy (non-hydrogen) atoms. The Morgan fingerprint density at radius 2 is 2.36 bits per heavy atom.